The first-order valence-electron chi connectivity index (χ1n) is 7.04. The molecule has 114 valence electrons. The van der Waals surface area contributed by atoms with E-state index in [9.17, 15) is 9.59 Å². The number of benzene rings is 1. The lowest BCUT2D eigenvalue weighted by Crippen LogP contribution is -2.25. The van der Waals surface area contributed by atoms with Crippen LogP contribution < -0.4 is 5.32 Å². The molecule has 1 saturated heterocycles. The molecular weight excluding hydrogens is 282 g/mol. The summed E-state index contributed by atoms with van der Waals surface area (Å²) in [6.45, 7) is 0.466. The van der Waals surface area contributed by atoms with Crippen LogP contribution in [0.1, 0.15) is 6.42 Å². The quantitative estimate of drug-likeness (QED) is 0.913. The number of anilines is 1. The summed E-state index contributed by atoms with van der Waals surface area (Å²) >= 11 is 0. The molecule has 1 aliphatic heterocycles. The van der Waals surface area contributed by atoms with E-state index in [0.29, 0.717) is 12.2 Å². The number of aryl methyl sites for hydroxylation is 1. The highest BCUT2D eigenvalue weighted by Gasteiger charge is 2.32. The third-order valence-corrected chi connectivity index (χ3v) is 3.81. The fourth-order valence-corrected chi connectivity index (χ4v) is 2.56. The number of nitrogens with one attached hydrogen (secondary N) is 1. The van der Waals surface area contributed by atoms with Crippen molar-refractivity contribution in [3.05, 3.63) is 30.6 Å². The van der Waals surface area contributed by atoms with Gasteiger partial charge in [-0.25, -0.2) is 0 Å². The lowest BCUT2D eigenvalue weighted by molar-refractivity contribution is -0.127. The van der Waals surface area contributed by atoms with Gasteiger partial charge in [0.05, 0.1) is 5.92 Å². The van der Waals surface area contributed by atoms with Gasteiger partial charge in [0.1, 0.15) is 6.33 Å². The Kier molecular flexibility index (Phi) is 3.62. The van der Waals surface area contributed by atoms with Crippen molar-refractivity contribution in [2.45, 2.75) is 6.42 Å². The third kappa shape index (κ3) is 2.69. The first kappa shape index (κ1) is 14.2. The first-order valence-corrected chi connectivity index (χ1v) is 7.04. The van der Waals surface area contributed by atoms with Crippen LogP contribution in [0.25, 0.3) is 11.4 Å². The van der Waals surface area contributed by atoms with Crippen LogP contribution >= 0.6 is 0 Å². The fraction of sp³-hybridized carbons (Fsp3) is 0.333. The summed E-state index contributed by atoms with van der Waals surface area (Å²) in [4.78, 5) is 25.3. The highest BCUT2D eigenvalue weighted by atomic mass is 16.2. The summed E-state index contributed by atoms with van der Waals surface area (Å²) in [5, 5.41) is 10.8. The van der Waals surface area contributed by atoms with Gasteiger partial charge in [-0.3, -0.25) is 9.59 Å². The van der Waals surface area contributed by atoms with E-state index in [1.54, 1.807) is 18.3 Å². The van der Waals surface area contributed by atoms with Gasteiger partial charge in [-0.1, -0.05) is 12.1 Å². The molecule has 2 amide bonds. The standard InChI is InChI=1S/C15H17N5O2/c1-19-8-11(7-13(19)21)15(22)17-12-5-3-4-10(6-12)14-18-16-9-20(14)2/h3-6,9,11H,7-8H2,1-2H3,(H,17,22)/t11-/m0/s1. The Labute approximate surface area is 127 Å². The molecule has 7 nitrogen and oxygen atoms in total. The molecular formula is C15H17N5O2. The summed E-state index contributed by atoms with van der Waals surface area (Å²) in [6.07, 6.45) is 1.89. The zero-order valence-corrected chi connectivity index (χ0v) is 12.5. The van der Waals surface area contributed by atoms with Crippen LogP contribution in [0.15, 0.2) is 30.6 Å². The van der Waals surface area contributed by atoms with Crippen LogP contribution in [0.5, 0.6) is 0 Å². The predicted molar refractivity (Wildman–Crippen MR) is 80.8 cm³/mol. The summed E-state index contributed by atoms with van der Waals surface area (Å²) < 4.78 is 1.81. The average molecular weight is 299 g/mol. The minimum Gasteiger partial charge on any atom is -0.345 e. The Balaban J connectivity index is 1.75. The van der Waals surface area contributed by atoms with E-state index >= 15 is 0 Å². The molecule has 0 saturated carbocycles. The molecule has 2 heterocycles. The molecule has 1 atom stereocenters. The molecule has 1 aromatic heterocycles. The minimum absolute atomic E-state index is 0.00739. The van der Waals surface area contributed by atoms with E-state index in [1.807, 2.05) is 35.9 Å². The van der Waals surface area contributed by atoms with Gasteiger partial charge in [0.15, 0.2) is 5.82 Å². The zero-order chi connectivity index (χ0) is 15.7. The Bertz CT molecular complexity index is 724. The third-order valence-electron chi connectivity index (χ3n) is 3.81. The molecule has 0 aliphatic carbocycles. The van der Waals surface area contributed by atoms with Crippen LogP contribution in [-0.4, -0.2) is 45.1 Å². The summed E-state index contributed by atoms with van der Waals surface area (Å²) in [5.41, 5.74) is 1.56. The molecule has 1 N–H and O–H groups in total. The maximum absolute atomic E-state index is 12.2. The second-order valence-electron chi connectivity index (χ2n) is 5.51. The highest BCUT2D eigenvalue weighted by Crippen LogP contribution is 2.22. The number of nitrogens with zero attached hydrogens (tertiary/aromatic N) is 4. The molecule has 22 heavy (non-hydrogen) atoms. The average Bonchev–Trinajstić information content (AvgIpc) is 3.06. The zero-order valence-electron chi connectivity index (χ0n) is 12.5. The second-order valence-corrected chi connectivity index (χ2v) is 5.51. The summed E-state index contributed by atoms with van der Waals surface area (Å²) in [6, 6.07) is 7.43. The smallest absolute Gasteiger partial charge is 0.229 e. The van der Waals surface area contributed by atoms with E-state index in [4.69, 9.17) is 0 Å². The van der Waals surface area contributed by atoms with Crippen molar-refractivity contribution in [1.82, 2.24) is 19.7 Å². The topological polar surface area (TPSA) is 80.1 Å². The van der Waals surface area contributed by atoms with Gasteiger partial charge >= 0.3 is 0 Å². The molecule has 1 fully saturated rings. The van der Waals surface area contributed by atoms with Gasteiger partial charge in [0.25, 0.3) is 0 Å². The first-order chi connectivity index (χ1) is 10.5. The van der Waals surface area contributed by atoms with Crippen LogP contribution in [-0.2, 0) is 16.6 Å². The molecule has 2 aromatic rings. The highest BCUT2D eigenvalue weighted by molar-refractivity contribution is 5.97. The second kappa shape index (κ2) is 5.59. The van der Waals surface area contributed by atoms with E-state index in [0.717, 1.165) is 11.4 Å². The van der Waals surface area contributed by atoms with Gasteiger partial charge in [-0.2, -0.15) is 0 Å². The number of hydrogen-bond donors (Lipinski definition) is 1. The predicted octanol–water partition coefficient (Wildman–Crippen LogP) is 0.899. The summed E-state index contributed by atoms with van der Waals surface area (Å²) in [5.74, 6) is 0.309. The van der Waals surface area contributed by atoms with Crippen LogP contribution in [0.2, 0.25) is 0 Å². The maximum atomic E-state index is 12.2. The van der Waals surface area contributed by atoms with Crippen molar-refractivity contribution in [2.75, 3.05) is 18.9 Å². The van der Waals surface area contributed by atoms with Crippen molar-refractivity contribution in [3.8, 4) is 11.4 Å². The molecule has 1 aromatic carbocycles. The molecule has 0 unspecified atom stereocenters. The van der Waals surface area contributed by atoms with Gasteiger partial charge in [0, 0.05) is 38.3 Å². The van der Waals surface area contributed by atoms with Crippen molar-refractivity contribution >= 4 is 17.5 Å². The van der Waals surface area contributed by atoms with Gasteiger partial charge in [0.2, 0.25) is 11.8 Å². The van der Waals surface area contributed by atoms with Crippen molar-refractivity contribution in [2.24, 2.45) is 13.0 Å². The Morgan fingerprint density at radius 2 is 2.18 bits per heavy atom. The van der Waals surface area contributed by atoms with Gasteiger partial charge in [-0.15, -0.1) is 10.2 Å². The molecule has 0 bridgehead atoms. The van der Waals surface area contributed by atoms with Gasteiger partial charge in [-0.05, 0) is 12.1 Å². The number of rotatable bonds is 3. The fourth-order valence-electron chi connectivity index (χ4n) is 2.56. The van der Waals surface area contributed by atoms with E-state index in [1.165, 1.54) is 0 Å². The Morgan fingerprint density at radius 1 is 1.36 bits per heavy atom. The number of aromatic nitrogens is 3. The van der Waals surface area contributed by atoms with Crippen LogP contribution in [0.4, 0.5) is 5.69 Å². The largest absolute Gasteiger partial charge is 0.345 e. The van der Waals surface area contributed by atoms with Crippen molar-refractivity contribution < 1.29 is 9.59 Å². The molecule has 3 rings (SSSR count). The van der Waals surface area contributed by atoms with Gasteiger partial charge < -0.3 is 14.8 Å². The number of carbonyl (C=O) groups excluding carboxylic acids is 2. The molecule has 0 radical (unpaired) electrons. The lowest BCUT2D eigenvalue weighted by atomic mass is 10.1. The van der Waals surface area contributed by atoms with Crippen LogP contribution in [0, 0.1) is 5.92 Å². The normalized spacial score (nSPS) is 17.8. The van der Waals surface area contributed by atoms with Crippen LogP contribution in [0.3, 0.4) is 0 Å². The number of hydrogen-bond acceptors (Lipinski definition) is 4. The van der Waals surface area contributed by atoms with E-state index in [-0.39, 0.29) is 24.2 Å². The molecule has 0 spiro atoms. The van der Waals surface area contributed by atoms with E-state index in [2.05, 4.69) is 15.5 Å². The number of likely N-dealkylation sites (tertiary alicyclic amines) is 1. The van der Waals surface area contributed by atoms with Crippen molar-refractivity contribution in [3.63, 3.8) is 0 Å². The maximum Gasteiger partial charge on any atom is 0.229 e. The molecule has 7 heteroatoms. The number of amides is 2. The van der Waals surface area contributed by atoms with Crippen molar-refractivity contribution in [1.29, 1.82) is 0 Å². The van der Waals surface area contributed by atoms with E-state index < -0.39 is 0 Å². The minimum atomic E-state index is -0.295. The monoisotopic (exact) mass is 299 g/mol. The SMILES string of the molecule is CN1C[C@@H](C(=O)Nc2cccc(-c3nncn3C)c2)CC1=O. The molecule has 1 aliphatic rings. The lowest BCUT2D eigenvalue weighted by Gasteiger charge is -2.11. The Morgan fingerprint density at radius 3 is 2.82 bits per heavy atom. The Hall–Kier alpha value is -2.70. The summed E-state index contributed by atoms with van der Waals surface area (Å²) in [7, 11) is 3.57. The number of carbonyl (C=O) groups is 2.